The fraction of sp³-hybridized carbons (Fsp3) is 0.0909. The van der Waals surface area contributed by atoms with Crippen molar-refractivity contribution < 1.29 is 0 Å². The monoisotopic (exact) mass is 328 g/mol. The zero-order chi connectivity index (χ0) is 11.5. The molecule has 0 atom stereocenters. The van der Waals surface area contributed by atoms with E-state index in [0.717, 1.165) is 9.13 Å². The summed E-state index contributed by atoms with van der Waals surface area (Å²) in [6, 6.07) is 9.03. The zero-order valence-electron chi connectivity index (χ0n) is 8.31. The molecule has 0 saturated carbocycles. The van der Waals surface area contributed by atoms with Gasteiger partial charge in [0.25, 0.3) is 5.56 Å². The summed E-state index contributed by atoms with van der Waals surface area (Å²) in [7, 11) is 0. The van der Waals surface area contributed by atoms with Crippen LogP contribution in [0.1, 0.15) is 5.56 Å². The number of aromatic amines is 1. The van der Waals surface area contributed by atoms with Crippen molar-refractivity contribution in [2.75, 3.05) is 0 Å². The van der Waals surface area contributed by atoms with Gasteiger partial charge in [-0.25, -0.2) is 4.79 Å². The van der Waals surface area contributed by atoms with Crippen molar-refractivity contribution in [1.82, 2.24) is 9.55 Å². The van der Waals surface area contributed by atoms with Crippen LogP contribution < -0.4 is 11.2 Å². The average Bonchev–Trinajstić information content (AvgIpc) is 2.26. The van der Waals surface area contributed by atoms with E-state index in [1.807, 2.05) is 24.3 Å². The lowest BCUT2D eigenvalue weighted by atomic mass is 10.2. The standard InChI is InChI=1S/C11H9IN2O2/c12-9-3-1-8(2-4-9)7-14-10(15)5-6-13-11(14)16/h1-6H,7H2,(H,13,16). The van der Waals surface area contributed by atoms with Crippen LogP contribution in [0, 0.1) is 3.57 Å². The number of hydrogen-bond acceptors (Lipinski definition) is 2. The number of rotatable bonds is 2. The van der Waals surface area contributed by atoms with E-state index in [0.29, 0.717) is 6.54 Å². The van der Waals surface area contributed by atoms with E-state index in [4.69, 9.17) is 0 Å². The predicted octanol–water partition coefficient (Wildman–Crippen LogP) is 1.19. The Morgan fingerprint density at radius 2 is 1.81 bits per heavy atom. The molecule has 16 heavy (non-hydrogen) atoms. The minimum absolute atomic E-state index is 0.290. The van der Waals surface area contributed by atoms with Gasteiger partial charge in [0.1, 0.15) is 0 Å². The number of H-pyrrole nitrogens is 1. The van der Waals surface area contributed by atoms with Gasteiger partial charge in [0.15, 0.2) is 0 Å². The topological polar surface area (TPSA) is 54.9 Å². The molecule has 0 aliphatic carbocycles. The number of halogens is 1. The molecule has 2 aromatic rings. The summed E-state index contributed by atoms with van der Waals surface area (Å²) in [5, 5.41) is 0. The van der Waals surface area contributed by atoms with E-state index in [2.05, 4.69) is 27.6 Å². The highest BCUT2D eigenvalue weighted by Gasteiger charge is 2.01. The van der Waals surface area contributed by atoms with Crippen molar-refractivity contribution >= 4 is 22.6 Å². The number of nitrogens with zero attached hydrogens (tertiary/aromatic N) is 1. The molecule has 0 spiro atoms. The quantitative estimate of drug-likeness (QED) is 0.842. The molecule has 0 saturated heterocycles. The molecule has 4 nitrogen and oxygen atoms in total. The van der Waals surface area contributed by atoms with Crippen LogP contribution in [0.5, 0.6) is 0 Å². The van der Waals surface area contributed by atoms with Crippen LogP contribution in [0.4, 0.5) is 0 Å². The summed E-state index contributed by atoms with van der Waals surface area (Å²) >= 11 is 2.20. The van der Waals surface area contributed by atoms with Crippen molar-refractivity contribution in [1.29, 1.82) is 0 Å². The molecule has 0 fully saturated rings. The lowest BCUT2D eigenvalue weighted by Crippen LogP contribution is -2.34. The maximum atomic E-state index is 11.5. The third-order valence-electron chi connectivity index (χ3n) is 2.20. The average molecular weight is 328 g/mol. The van der Waals surface area contributed by atoms with E-state index >= 15 is 0 Å². The Morgan fingerprint density at radius 1 is 1.12 bits per heavy atom. The summed E-state index contributed by atoms with van der Waals surface area (Å²) in [6.45, 7) is 0.298. The van der Waals surface area contributed by atoms with Gasteiger partial charge in [0, 0.05) is 15.8 Å². The van der Waals surface area contributed by atoms with Gasteiger partial charge in [0.2, 0.25) is 0 Å². The molecule has 0 unspecified atom stereocenters. The summed E-state index contributed by atoms with van der Waals surface area (Å²) < 4.78 is 2.29. The molecule has 82 valence electrons. The van der Waals surface area contributed by atoms with Crippen LogP contribution in [0.25, 0.3) is 0 Å². The van der Waals surface area contributed by atoms with Crippen LogP contribution in [0.3, 0.4) is 0 Å². The number of benzene rings is 1. The van der Waals surface area contributed by atoms with Crippen molar-refractivity contribution in [3.8, 4) is 0 Å². The molecule has 1 heterocycles. The lowest BCUT2D eigenvalue weighted by molar-refractivity contribution is 0.699. The summed E-state index contributed by atoms with van der Waals surface area (Å²) in [6.07, 6.45) is 1.36. The fourth-order valence-corrected chi connectivity index (χ4v) is 1.73. The molecule has 1 N–H and O–H groups in total. The van der Waals surface area contributed by atoms with Gasteiger partial charge >= 0.3 is 5.69 Å². The Balaban J connectivity index is 2.38. The number of hydrogen-bond donors (Lipinski definition) is 1. The molecule has 1 aromatic carbocycles. The molecule has 0 aliphatic rings. The first-order chi connectivity index (χ1) is 7.66. The summed E-state index contributed by atoms with van der Waals surface area (Å²) in [5.41, 5.74) is 0.257. The maximum absolute atomic E-state index is 11.5. The molecule has 0 aliphatic heterocycles. The Kier molecular flexibility index (Phi) is 3.23. The Labute approximate surface area is 105 Å². The molecule has 0 amide bonds. The van der Waals surface area contributed by atoms with E-state index in [9.17, 15) is 9.59 Å². The summed E-state index contributed by atoms with van der Waals surface area (Å²) in [4.78, 5) is 25.3. The molecule has 2 rings (SSSR count). The molecule has 0 radical (unpaired) electrons. The van der Waals surface area contributed by atoms with Gasteiger partial charge in [-0.1, -0.05) is 12.1 Å². The van der Waals surface area contributed by atoms with Crippen LogP contribution in [0.2, 0.25) is 0 Å². The Morgan fingerprint density at radius 3 is 2.44 bits per heavy atom. The largest absolute Gasteiger partial charge is 0.328 e. The first-order valence-corrected chi connectivity index (χ1v) is 5.78. The van der Waals surface area contributed by atoms with Crippen molar-refractivity contribution in [3.05, 3.63) is 66.5 Å². The molecule has 5 heteroatoms. The Bertz CT molecular complexity index is 570. The van der Waals surface area contributed by atoms with Gasteiger partial charge in [-0.2, -0.15) is 0 Å². The van der Waals surface area contributed by atoms with E-state index in [-0.39, 0.29) is 11.2 Å². The maximum Gasteiger partial charge on any atom is 0.328 e. The normalized spacial score (nSPS) is 10.3. The van der Waals surface area contributed by atoms with E-state index in [1.165, 1.54) is 16.8 Å². The molecule has 0 bridgehead atoms. The SMILES string of the molecule is O=c1cc[nH]c(=O)n1Cc1ccc(I)cc1. The molecule has 1 aromatic heterocycles. The first kappa shape index (κ1) is 11.1. The minimum Gasteiger partial charge on any atom is -0.314 e. The lowest BCUT2D eigenvalue weighted by Gasteiger charge is -2.03. The number of nitrogens with one attached hydrogen (secondary N) is 1. The van der Waals surface area contributed by atoms with Gasteiger partial charge in [-0.3, -0.25) is 9.36 Å². The fourth-order valence-electron chi connectivity index (χ4n) is 1.37. The van der Waals surface area contributed by atoms with Gasteiger partial charge < -0.3 is 4.98 Å². The highest BCUT2D eigenvalue weighted by atomic mass is 127. The van der Waals surface area contributed by atoms with E-state index in [1.54, 1.807) is 0 Å². The Hall–Kier alpha value is -1.37. The van der Waals surface area contributed by atoms with E-state index < -0.39 is 0 Å². The highest BCUT2D eigenvalue weighted by Crippen LogP contribution is 2.06. The molecular formula is C11H9IN2O2. The van der Waals surface area contributed by atoms with Crippen molar-refractivity contribution in [2.24, 2.45) is 0 Å². The minimum atomic E-state index is -0.383. The van der Waals surface area contributed by atoms with Crippen LogP contribution >= 0.6 is 22.6 Å². The van der Waals surface area contributed by atoms with Gasteiger partial charge in [0.05, 0.1) is 6.54 Å². The summed E-state index contributed by atoms with van der Waals surface area (Å²) in [5.74, 6) is 0. The third kappa shape index (κ3) is 2.41. The van der Waals surface area contributed by atoms with Crippen LogP contribution in [-0.4, -0.2) is 9.55 Å². The second kappa shape index (κ2) is 4.65. The second-order valence-electron chi connectivity index (χ2n) is 3.33. The van der Waals surface area contributed by atoms with Crippen molar-refractivity contribution in [3.63, 3.8) is 0 Å². The van der Waals surface area contributed by atoms with Gasteiger partial charge in [-0.15, -0.1) is 0 Å². The predicted molar refractivity (Wildman–Crippen MR) is 69.6 cm³/mol. The van der Waals surface area contributed by atoms with Gasteiger partial charge in [-0.05, 0) is 40.3 Å². The highest BCUT2D eigenvalue weighted by molar-refractivity contribution is 14.1. The smallest absolute Gasteiger partial charge is 0.314 e. The zero-order valence-corrected chi connectivity index (χ0v) is 10.5. The number of aromatic nitrogens is 2. The van der Waals surface area contributed by atoms with Crippen LogP contribution in [0.15, 0.2) is 46.1 Å². The first-order valence-electron chi connectivity index (χ1n) is 4.70. The molecular weight excluding hydrogens is 319 g/mol. The van der Waals surface area contributed by atoms with Crippen molar-refractivity contribution in [2.45, 2.75) is 6.54 Å². The second-order valence-corrected chi connectivity index (χ2v) is 4.58. The third-order valence-corrected chi connectivity index (χ3v) is 2.92. The van der Waals surface area contributed by atoms with Crippen LogP contribution in [-0.2, 0) is 6.54 Å².